The molecule has 5 nitrogen and oxygen atoms in total. The van der Waals surface area contributed by atoms with E-state index in [4.69, 9.17) is 0 Å². The summed E-state index contributed by atoms with van der Waals surface area (Å²) in [5.41, 5.74) is 1.03. The first-order valence-electron chi connectivity index (χ1n) is 7.44. The van der Waals surface area contributed by atoms with Gasteiger partial charge in [-0.25, -0.2) is 12.8 Å². The van der Waals surface area contributed by atoms with E-state index in [1.54, 1.807) is 19.1 Å². The number of nitrogens with one attached hydrogen (secondary N) is 2. The van der Waals surface area contributed by atoms with E-state index in [0.29, 0.717) is 19.0 Å². The number of nitrogens with zero attached hydrogens (tertiary/aromatic N) is 1. The highest BCUT2D eigenvalue weighted by Gasteiger charge is 2.06. The van der Waals surface area contributed by atoms with Crippen molar-refractivity contribution in [2.24, 2.45) is 4.99 Å². The van der Waals surface area contributed by atoms with Crippen LogP contribution >= 0.6 is 24.0 Å². The Morgan fingerprint density at radius 2 is 1.83 bits per heavy atom. The van der Waals surface area contributed by atoms with Gasteiger partial charge in [0.15, 0.2) is 15.8 Å². The Hall–Kier alpha value is -0.900. The molecule has 1 aromatic carbocycles. The van der Waals surface area contributed by atoms with Crippen LogP contribution in [0.4, 0.5) is 4.39 Å². The monoisotopic (exact) mass is 457 g/mol. The molecule has 1 rings (SSSR count). The molecule has 2 N–H and O–H groups in total. The summed E-state index contributed by atoms with van der Waals surface area (Å²) in [6.07, 6.45) is 0.734. The van der Waals surface area contributed by atoms with Gasteiger partial charge in [0.25, 0.3) is 0 Å². The van der Waals surface area contributed by atoms with E-state index in [-0.39, 0.29) is 47.8 Å². The van der Waals surface area contributed by atoms with Crippen LogP contribution in [0.15, 0.2) is 29.3 Å². The molecule has 132 valence electrons. The van der Waals surface area contributed by atoms with Crippen LogP contribution in [-0.2, 0) is 16.3 Å². The minimum Gasteiger partial charge on any atom is -0.357 e. The van der Waals surface area contributed by atoms with Crippen molar-refractivity contribution in [3.63, 3.8) is 0 Å². The van der Waals surface area contributed by atoms with Gasteiger partial charge in [0, 0.05) is 18.8 Å². The zero-order valence-corrected chi connectivity index (χ0v) is 16.7. The number of guanidine groups is 1. The van der Waals surface area contributed by atoms with Crippen molar-refractivity contribution in [2.75, 3.05) is 31.1 Å². The van der Waals surface area contributed by atoms with Crippen LogP contribution in [0.2, 0.25) is 0 Å². The fraction of sp³-hybridized carbons (Fsp3) is 0.533. The molecule has 0 aliphatic heterocycles. The summed E-state index contributed by atoms with van der Waals surface area (Å²) in [6, 6.07) is 6.36. The summed E-state index contributed by atoms with van der Waals surface area (Å²) in [5.74, 6) is 0.536. The van der Waals surface area contributed by atoms with Crippen molar-refractivity contribution in [1.82, 2.24) is 10.6 Å². The quantitative estimate of drug-likeness (QED) is 0.356. The van der Waals surface area contributed by atoms with Crippen molar-refractivity contribution in [1.29, 1.82) is 0 Å². The number of benzene rings is 1. The SMILES string of the molecule is CCNC(=NCCS(=O)(=O)CC)NCCc1ccc(F)cc1.I. The van der Waals surface area contributed by atoms with E-state index in [9.17, 15) is 12.8 Å². The maximum Gasteiger partial charge on any atom is 0.191 e. The lowest BCUT2D eigenvalue weighted by atomic mass is 10.1. The summed E-state index contributed by atoms with van der Waals surface area (Å²) >= 11 is 0. The van der Waals surface area contributed by atoms with Crippen molar-refractivity contribution in [3.05, 3.63) is 35.6 Å². The van der Waals surface area contributed by atoms with Crippen LogP contribution in [0.25, 0.3) is 0 Å². The van der Waals surface area contributed by atoms with E-state index < -0.39 is 9.84 Å². The third kappa shape index (κ3) is 9.75. The van der Waals surface area contributed by atoms with Gasteiger partial charge in [0.1, 0.15) is 5.82 Å². The van der Waals surface area contributed by atoms with Crippen LogP contribution in [0, 0.1) is 5.82 Å². The highest BCUT2D eigenvalue weighted by Crippen LogP contribution is 2.02. The molecule has 8 heteroatoms. The van der Waals surface area contributed by atoms with Crippen LogP contribution in [-0.4, -0.2) is 45.5 Å². The minimum atomic E-state index is -3.00. The minimum absolute atomic E-state index is 0. The molecule has 0 aliphatic rings. The van der Waals surface area contributed by atoms with Crippen LogP contribution in [0.3, 0.4) is 0 Å². The number of hydrogen-bond acceptors (Lipinski definition) is 3. The normalized spacial score (nSPS) is 11.7. The summed E-state index contributed by atoms with van der Waals surface area (Å²) in [4.78, 5) is 4.25. The average Bonchev–Trinajstić information content (AvgIpc) is 2.49. The van der Waals surface area contributed by atoms with Crippen molar-refractivity contribution < 1.29 is 12.8 Å². The molecule has 0 radical (unpaired) electrons. The third-order valence-electron chi connectivity index (χ3n) is 3.08. The van der Waals surface area contributed by atoms with Crippen LogP contribution < -0.4 is 10.6 Å². The van der Waals surface area contributed by atoms with E-state index in [1.807, 2.05) is 6.92 Å². The number of rotatable bonds is 8. The van der Waals surface area contributed by atoms with E-state index >= 15 is 0 Å². The summed E-state index contributed by atoms with van der Waals surface area (Å²) in [6.45, 7) is 5.15. The van der Waals surface area contributed by atoms with Crippen molar-refractivity contribution in [2.45, 2.75) is 20.3 Å². The number of halogens is 2. The fourth-order valence-electron chi connectivity index (χ4n) is 1.76. The maximum atomic E-state index is 12.8. The average molecular weight is 457 g/mol. The number of hydrogen-bond donors (Lipinski definition) is 2. The van der Waals surface area contributed by atoms with E-state index in [2.05, 4.69) is 15.6 Å². The predicted octanol–water partition coefficient (Wildman–Crippen LogP) is 1.98. The molecule has 0 fully saturated rings. The zero-order chi connectivity index (χ0) is 16.4. The number of aliphatic imine (C=N–C) groups is 1. The van der Waals surface area contributed by atoms with Gasteiger partial charge in [-0.05, 0) is 31.0 Å². The van der Waals surface area contributed by atoms with Crippen LogP contribution in [0.5, 0.6) is 0 Å². The van der Waals surface area contributed by atoms with Crippen molar-refractivity contribution in [3.8, 4) is 0 Å². The molecular formula is C15H25FIN3O2S. The zero-order valence-electron chi connectivity index (χ0n) is 13.5. The van der Waals surface area contributed by atoms with Gasteiger partial charge in [-0.1, -0.05) is 19.1 Å². The highest BCUT2D eigenvalue weighted by atomic mass is 127. The standard InChI is InChI=1S/C15H24FN3O2S.HI/c1-3-17-15(19-11-12-22(20,21)4-2)18-10-9-13-5-7-14(16)8-6-13;/h5-8H,3-4,9-12H2,1-2H3,(H2,17,18,19);1H. The van der Waals surface area contributed by atoms with Gasteiger partial charge in [0.2, 0.25) is 0 Å². The smallest absolute Gasteiger partial charge is 0.191 e. The molecule has 0 saturated heterocycles. The Bertz CT molecular complexity index is 577. The molecular weight excluding hydrogens is 432 g/mol. The molecule has 0 aromatic heterocycles. The third-order valence-corrected chi connectivity index (χ3v) is 4.76. The number of sulfone groups is 1. The Balaban J connectivity index is 0.00000484. The lowest BCUT2D eigenvalue weighted by molar-refractivity contribution is 0.597. The first-order valence-corrected chi connectivity index (χ1v) is 9.26. The van der Waals surface area contributed by atoms with Gasteiger partial charge in [-0.2, -0.15) is 0 Å². The largest absolute Gasteiger partial charge is 0.357 e. The molecule has 0 saturated carbocycles. The van der Waals surface area contributed by atoms with Gasteiger partial charge in [0.05, 0.1) is 12.3 Å². The van der Waals surface area contributed by atoms with E-state index in [0.717, 1.165) is 12.0 Å². The summed E-state index contributed by atoms with van der Waals surface area (Å²) in [5, 5.41) is 6.20. The Morgan fingerprint density at radius 3 is 2.39 bits per heavy atom. The lowest BCUT2D eigenvalue weighted by Crippen LogP contribution is -2.38. The first kappa shape index (κ1) is 22.1. The van der Waals surface area contributed by atoms with Gasteiger partial charge >= 0.3 is 0 Å². The highest BCUT2D eigenvalue weighted by molar-refractivity contribution is 14.0. The molecule has 1 aromatic rings. The summed E-state index contributed by atoms with van der Waals surface area (Å²) < 4.78 is 35.7. The fourth-order valence-corrected chi connectivity index (χ4v) is 2.42. The first-order chi connectivity index (χ1) is 10.5. The van der Waals surface area contributed by atoms with Gasteiger partial charge in [-0.3, -0.25) is 4.99 Å². The van der Waals surface area contributed by atoms with Crippen LogP contribution in [0.1, 0.15) is 19.4 Å². The molecule has 0 aliphatic carbocycles. The molecule has 0 bridgehead atoms. The predicted molar refractivity (Wildman–Crippen MR) is 104 cm³/mol. The van der Waals surface area contributed by atoms with E-state index in [1.165, 1.54) is 12.1 Å². The molecule has 0 heterocycles. The Kier molecular flexibility index (Phi) is 11.2. The second kappa shape index (κ2) is 11.6. The van der Waals surface area contributed by atoms with Gasteiger partial charge < -0.3 is 10.6 Å². The second-order valence-corrected chi connectivity index (χ2v) is 7.27. The Labute approximate surface area is 155 Å². The van der Waals surface area contributed by atoms with Crippen molar-refractivity contribution >= 4 is 39.8 Å². The molecule has 0 amide bonds. The summed E-state index contributed by atoms with van der Waals surface area (Å²) in [7, 11) is -3.00. The maximum absolute atomic E-state index is 12.8. The molecule has 0 atom stereocenters. The molecule has 23 heavy (non-hydrogen) atoms. The second-order valence-electron chi connectivity index (χ2n) is 4.80. The molecule has 0 spiro atoms. The Morgan fingerprint density at radius 1 is 1.17 bits per heavy atom. The molecule has 0 unspecified atom stereocenters. The lowest BCUT2D eigenvalue weighted by Gasteiger charge is -2.11. The van der Waals surface area contributed by atoms with Gasteiger partial charge in [-0.15, -0.1) is 24.0 Å². The topological polar surface area (TPSA) is 70.6 Å².